The number of nitrogens with one attached hydrogen (secondary N) is 1. The average Bonchev–Trinajstić information content (AvgIpc) is 3.84. The summed E-state index contributed by atoms with van der Waals surface area (Å²) in [5.74, 6) is -0.0296. The number of thiophene rings is 1. The number of alkyl halides is 1. The fraction of sp³-hybridized carbons (Fsp3) is 0.571. The Morgan fingerprint density at radius 1 is 1.07 bits per heavy atom. The Morgan fingerprint density at radius 2 is 1.84 bits per heavy atom. The van der Waals surface area contributed by atoms with Gasteiger partial charge in [-0.05, 0) is 104 Å². The van der Waals surface area contributed by atoms with E-state index in [2.05, 4.69) is 15.1 Å². The minimum Gasteiger partial charge on any atom is -0.489 e. The lowest BCUT2D eigenvalue weighted by Crippen LogP contribution is -2.63. The quantitative estimate of drug-likeness (QED) is 0.208. The predicted molar refractivity (Wildman–Crippen MR) is 220 cm³/mol. The number of halogens is 3. The Labute approximate surface area is 345 Å². The number of piperazine rings is 1. The molecule has 0 saturated carbocycles. The maximum Gasteiger partial charge on any atom is 0.412 e. The van der Waals surface area contributed by atoms with Gasteiger partial charge in [0.1, 0.15) is 41.9 Å². The summed E-state index contributed by atoms with van der Waals surface area (Å²) in [6, 6.07) is 4.74. The molecule has 5 atom stereocenters. The monoisotopic (exact) mass is 838 g/mol. The number of hydrogen-bond donors (Lipinski definition) is 1. The van der Waals surface area contributed by atoms with Gasteiger partial charge in [-0.15, -0.1) is 11.3 Å². The average molecular weight is 839 g/mol. The second kappa shape index (κ2) is 13.9. The molecule has 4 aromatic rings. The number of anilines is 2. The second-order valence-electron chi connectivity index (χ2n) is 18.4. The van der Waals surface area contributed by atoms with Crippen molar-refractivity contribution in [1.82, 2.24) is 19.8 Å². The van der Waals surface area contributed by atoms with Crippen LogP contribution >= 0.6 is 22.9 Å². The van der Waals surface area contributed by atoms with Crippen molar-refractivity contribution >= 4 is 66.9 Å². The van der Waals surface area contributed by atoms with E-state index < -0.39 is 34.8 Å². The van der Waals surface area contributed by atoms with Crippen LogP contribution in [0.1, 0.15) is 79.2 Å². The summed E-state index contributed by atoms with van der Waals surface area (Å²) in [5, 5.41) is 4.39. The van der Waals surface area contributed by atoms with Crippen LogP contribution in [-0.2, 0) is 9.47 Å². The molecule has 4 fully saturated rings. The van der Waals surface area contributed by atoms with E-state index in [4.69, 9.17) is 40.5 Å². The molecule has 9 rings (SSSR count). The highest BCUT2D eigenvalue weighted by Crippen LogP contribution is 2.52. The zero-order valence-corrected chi connectivity index (χ0v) is 35.4. The van der Waals surface area contributed by atoms with Crippen LogP contribution < -0.4 is 19.7 Å². The van der Waals surface area contributed by atoms with Crippen molar-refractivity contribution < 1.29 is 37.3 Å². The molecular formula is C42H49ClF2N6O6S. The van der Waals surface area contributed by atoms with Gasteiger partial charge in [-0.1, -0.05) is 17.7 Å². The van der Waals surface area contributed by atoms with E-state index in [0.717, 1.165) is 42.5 Å². The first-order valence-electron chi connectivity index (χ1n) is 20.1. The van der Waals surface area contributed by atoms with Crippen molar-refractivity contribution in [3.05, 3.63) is 34.6 Å². The van der Waals surface area contributed by atoms with Gasteiger partial charge in [-0.2, -0.15) is 9.97 Å². The molecule has 0 spiro atoms. The summed E-state index contributed by atoms with van der Waals surface area (Å²) >= 11 is 8.68. The number of carbonyl (C=O) groups excluding carboxylic acids is 2. The molecule has 4 saturated heterocycles. The summed E-state index contributed by atoms with van der Waals surface area (Å²) in [4.78, 5) is 42.2. The molecule has 0 radical (unpaired) electrons. The van der Waals surface area contributed by atoms with E-state index in [9.17, 15) is 14.0 Å². The van der Waals surface area contributed by atoms with Gasteiger partial charge in [0.15, 0.2) is 11.6 Å². The van der Waals surface area contributed by atoms with Crippen LogP contribution in [-0.4, -0.2) is 106 Å². The number of aromatic nitrogens is 2. The van der Waals surface area contributed by atoms with Crippen LogP contribution in [0.25, 0.3) is 32.1 Å². The summed E-state index contributed by atoms with van der Waals surface area (Å²) in [6.07, 6.45) is 1.62. The maximum absolute atomic E-state index is 17.8. The minimum absolute atomic E-state index is 0.0220. The number of ether oxygens (including phenoxy) is 4. The molecule has 0 aliphatic carbocycles. The third-order valence-corrected chi connectivity index (χ3v) is 13.4. The molecule has 16 heteroatoms. The third-order valence-electron chi connectivity index (χ3n) is 12.0. The molecule has 2 amide bonds. The van der Waals surface area contributed by atoms with Crippen LogP contribution in [0.15, 0.2) is 18.2 Å². The molecule has 2 aromatic carbocycles. The number of nitrogens with zero attached hydrogens (tertiary/aromatic N) is 5. The van der Waals surface area contributed by atoms with E-state index in [1.807, 2.05) is 44.7 Å². The maximum atomic E-state index is 17.8. The van der Waals surface area contributed by atoms with Crippen molar-refractivity contribution in [3.63, 3.8) is 0 Å². The van der Waals surface area contributed by atoms with E-state index in [0.29, 0.717) is 46.7 Å². The molecule has 2 aromatic heterocycles. The minimum atomic E-state index is -0.951. The Morgan fingerprint density at radius 3 is 2.60 bits per heavy atom. The van der Waals surface area contributed by atoms with Crippen LogP contribution in [0.2, 0.25) is 5.02 Å². The van der Waals surface area contributed by atoms with Gasteiger partial charge in [-0.3, -0.25) is 15.1 Å². The second-order valence-corrected chi connectivity index (χ2v) is 19.8. The zero-order valence-electron chi connectivity index (χ0n) is 33.8. The van der Waals surface area contributed by atoms with E-state index in [1.165, 1.54) is 11.3 Å². The van der Waals surface area contributed by atoms with E-state index in [1.54, 1.807) is 26.8 Å². The Balaban J connectivity index is 1.18. The Kier molecular flexibility index (Phi) is 9.44. The van der Waals surface area contributed by atoms with Crippen LogP contribution in [0, 0.1) is 12.7 Å². The highest BCUT2D eigenvalue weighted by molar-refractivity contribution is 7.23. The number of carbonyl (C=O) groups is 2. The highest BCUT2D eigenvalue weighted by Gasteiger charge is 2.53. The van der Waals surface area contributed by atoms with Crippen LogP contribution in [0.3, 0.4) is 0 Å². The normalized spacial score (nSPS) is 25.4. The smallest absolute Gasteiger partial charge is 0.412 e. The fourth-order valence-corrected chi connectivity index (χ4v) is 11.1. The standard InChI is InChI=1S/C42H49ClF2N6O6S/c1-21-9-12-27-24(15-28(58-27)46-38(52)56-40(2,3)4)29(21)30-32(43)35-31-34(33(30)45)47-37(55-20-42-13-8-14-49(42)17-22(44)16-42)48-36(31)50-18-23-10-11-25(26(50)19-54-35)51(23)39(53)57-41(5,6)7/h9,12,15,22-23,25-26H,8,10-11,13-14,16-20H2,1-7H3,(H,46,52)/t22-,23-,25+,26-,42+/m1/s1. The first-order valence-corrected chi connectivity index (χ1v) is 21.3. The number of fused-ring (bicyclic) bond motifs is 7. The molecule has 7 heterocycles. The summed E-state index contributed by atoms with van der Waals surface area (Å²) in [7, 11) is 0. The molecule has 5 aliphatic heterocycles. The van der Waals surface area contributed by atoms with Crippen LogP contribution in [0.4, 0.5) is 29.2 Å². The lowest BCUT2D eigenvalue weighted by Gasteiger charge is -2.46. The Hall–Kier alpha value is -4.21. The van der Waals surface area contributed by atoms with Gasteiger partial charge in [0.05, 0.1) is 39.1 Å². The van der Waals surface area contributed by atoms with Gasteiger partial charge >= 0.3 is 18.2 Å². The molecule has 12 nitrogen and oxygen atoms in total. The van der Waals surface area contributed by atoms with Gasteiger partial charge in [0.2, 0.25) is 0 Å². The first-order chi connectivity index (χ1) is 27.4. The topological polar surface area (TPSA) is 119 Å². The van der Waals surface area contributed by atoms with Crippen LogP contribution in [0.5, 0.6) is 11.8 Å². The third kappa shape index (κ3) is 6.74. The molecule has 1 N–H and O–H groups in total. The molecule has 0 unspecified atom stereocenters. The van der Waals surface area contributed by atoms with Gasteiger partial charge in [0.25, 0.3) is 0 Å². The first kappa shape index (κ1) is 39.3. The van der Waals surface area contributed by atoms with Crippen molar-refractivity contribution in [1.29, 1.82) is 0 Å². The lowest BCUT2D eigenvalue weighted by atomic mass is 9.94. The van der Waals surface area contributed by atoms with E-state index in [-0.39, 0.29) is 65.3 Å². The number of benzene rings is 2. The zero-order chi connectivity index (χ0) is 41.1. The number of aryl methyl sites for hydroxylation is 1. The van der Waals surface area contributed by atoms with Gasteiger partial charge in [0, 0.05) is 35.2 Å². The van der Waals surface area contributed by atoms with Gasteiger partial charge < -0.3 is 23.8 Å². The van der Waals surface area contributed by atoms with Crippen molar-refractivity contribution in [3.8, 4) is 22.9 Å². The Bertz CT molecular complexity index is 2350. The molecular weight excluding hydrogens is 790 g/mol. The van der Waals surface area contributed by atoms with Gasteiger partial charge in [-0.25, -0.2) is 18.4 Å². The lowest BCUT2D eigenvalue weighted by molar-refractivity contribution is 0.00542. The molecule has 2 bridgehead atoms. The van der Waals surface area contributed by atoms with Crippen molar-refractivity contribution in [2.24, 2.45) is 0 Å². The fourth-order valence-electron chi connectivity index (χ4n) is 9.78. The largest absolute Gasteiger partial charge is 0.489 e. The summed E-state index contributed by atoms with van der Waals surface area (Å²) in [5.41, 5.74) is -0.521. The van der Waals surface area contributed by atoms with E-state index >= 15 is 4.39 Å². The highest BCUT2D eigenvalue weighted by atomic mass is 35.5. The molecule has 58 heavy (non-hydrogen) atoms. The number of rotatable bonds is 5. The molecule has 310 valence electrons. The predicted octanol–water partition coefficient (Wildman–Crippen LogP) is 9.26. The summed E-state index contributed by atoms with van der Waals surface area (Å²) < 4.78 is 57.8. The molecule has 5 aliphatic rings. The number of hydrogen-bond acceptors (Lipinski definition) is 11. The van der Waals surface area contributed by atoms with Crippen molar-refractivity contribution in [2.45, 2.75) is 122 Å². The number of amides is 2. The van der Waals surface area contributed by atoms with Crippen molar-refractivity contribution in [2.75, 3.05) is 43.1 Å². The summed E-state index contributed by atoms with van der Waals surface area (Å²) in [6.45, 7) is 14.6. The SMILES string of the molecule is Cc1ccc2sc(NC(=O)OC(C)(C)C)cc2c1-c1c(Cl)c2c3c(nc(OC[C@@]45CCCN4C[C@H](F)C5)nc3c1F)N1C[C@H]3CC[C@@H]([C@H]1CO2)N3C(=O)OC(C)(C)C.